The molecule has 0 spiro atoms. The molecule has 7 heteroatoms. The van der Waals surface area contributed by atoms with Crippen LogP contribution >= 0.6 is 0 Å². The molecule has 3 aromatic rings. The molecule has 156 valence electrons. The van der Waals surface area contributed by atoms with E-state index < -0.39 is 0 Å². The molecule has 0 bridgehead atoms. The van der Waals surface area contributed by atoms with Crippen molar-refractivity contribution in [2.45, 2.75) is 19.1 Å². The van der Waals surface area contributed by atoms with Crippen LogP contribution in [0.2, 0.25) is 0 Å². The zero-order valence-electron chi connectivity index (χ0n) is 17.0. The Morgan fingerprint density at radius 3 is 2.63 bits per heavy atom. The molecular weight excluding hydrogens is 378 g/mol. The number of para-hydroxylation sites is 1. The lowest BCUT2D eigenvalue weighted by Gasteiger charge is -2.26. The fraction of sp³-hybridized carbons (Fsp3) is 0.435. The largest absolute Gasteiger partial charge is 0.391 e. The van der Waals surface area contributed by atoms with E-state index in [1.807, 2.05) is 36.8 Å². The van der Waals surface area contributed by atoms with E-state index in [9.17, 15) is 5.11 Å². The molecule has 30 heavy (non-hydrogen) atoms. The summed E-state index contributed by atoms with van der Waals surface area (Å²) in [6.45, 7) is 5.43. The van der Waals surface area contributed by atoms with Crippen LogP contribution in [0.15, 0.2) is 48.9 Å². The van der Waals surface area contributed by atoms with Crippen molar-refractivity contribution in [3.63, 3.8) is 0 Å². The Hall–Kier alpha value is -2.61. The number of anilines is 1. The van der Waals surface area contributed by atoms with Gasteiger partial charge in [0.25, 0.3) is 0 Å². The molecule has 5 rings (SSSR count). The van der Waals surface area contributed by atoms with Crippen molar-refractivity contribution in [2.24, 2.45) is 5.92 Å². The van der Waals surface area contributed by atoms with Crippen molar-refractivity contribution >= 4 is 16.9 Å². The van der Waals surface area contributed by atoms with E-state index in [1.165, 1.54) is 10.9 Å². The van der Waals surface area contributed by atoms with Gasteiger partial charge in [-0.25, -0.2) is 9.97 Å². The summed E-state index contributed by atoms with van der Waals surface area (Å²) < 4.78 is 5.39. The average Bonchev–Trinajstić information content (AvgIpc) is 3.13. The summed E-state index contributed by atoms with van der Waals surface area (Å²) in [5.41, 5.74) is 3.34. The summed E-state index contributed by atoms with van der Waals surface area (Å²) in [6, 6.07) is 10.3. The fourth-order valence-corrected chi connectivity index (χ4v) is 4.50. The molecule has 0 unspecified atom stereocenters. The van der Waals surface area contributed by atoms with Gasteiger partial charge in [-0.1, -0.05) is 18.2 Å². The number of ether oxygens (including phenoxy) is 1. The number of pyridine rings is 1. The smallest absolute Gasteiger partial charge is 0.225 e. The van der Waals surface area contributed by atoms with Crippen LogP contribution < -0.4 is 4.90 Å². The monoisotopic (exact) mass is 405 g/mol. The van der Waals surface area contributed by atoms with Crippen LogP contribution in [-0.2, 0) is 17.7 Å². The number of aromatic nitrogens is 3. The van der Waals surface area contributed by atoms with Gasteiger partial charge in [0.2, 0.25) is 5.95 Å². The van der Waals surface area contributed by atoms with Gasteiger partial charge in [-0.05, 0) is 24.1 Å². The van der Waals surface area contributed by atoms with Crippen LogP contribution in [0, 0.1) is 5.92 Å². The van der Waals surface area contributed by atoms with E-state index >= 15 is 0 Å². The van der Waals surface area contributed by atoms with Crippen LogP contribution in [0.5, 0.6) is 0 Å². The Balaban J connectivity index is 1.22. The lowest BCUT2D eigenvalue weighted by molar-refractivity contribution is 0.122. The Kier molecular flexibility index (Phi) is 5.57. The maximum Gasteiger partial charge on any atom is 0.225 e. The van der Waals surface area contributed by atoms with Crippen molar-refractivity contribution in [3.05, 3.63) is 60.0 Å². The Labute approximate surface area is 176 Å². The summed E-state index contributed by atoms with van der Waals surface area (Å²) in [5, 5.41) is 11.9. The number of hydrogen-bond donors (Lipinski definition) is 1. The van der Waals surface area contributed by atoms with Gasteiger partial charge in [-0.2, -0.15) is 0 Å². The first-order valence-electron chi connectivity index (χ1n) is 10.6. The Morgan fingerprint density at radius 2 is 1.80 bits per heavy atom. The summed E-state index contributed by atoms with van der Waals surface area (Å²) in [6.07, 6.45) is 6.21. The van der Waals surface area contributed by atoms with Crippen molar-refractivity contribution in [1.82, 2.24) is 19.9 Å². The number of morpholine rings is 1. The van der Waals surface area contributed by atoms with Gasteiger partial charge in [0, 0.05) is 68.2 Å². The SMILES string of the molecule is O[C@@H]1CN(Cc2cnc(N3CCOCC3)nc2)C[C@H]1Cc1ccnc2ccccc12. The fourth-order valence-electron chi connectivity index (χ4n) is 4.50. The lowest BCUT2D eigenvalue weighted by atomic mass is 9.94. The van der Waals surface area contributed by atoms with E-state index in [0.717, 1.165) is 62.8 Å². The maximum absolute atomic E-state index is 10.7. The van der Waals surface area contributed by atoms with Gasteiger partial charge >= 0.3 is 0 Å². The number of fused-ring (bicyclic) bond motifs is 1. The van der Waals surface area contributed by atoms with Crippen LogP contribution in [0.4, 0.5) is 5.95 Å². The minimum absolute atomic E-state index is 0.212. The van der Waals surface area contributed by atoms with Gasteiger partial charge in [0.15, 0.2) is 0 Å². The molecule has 2 aliphatic heterocycles. The highest BCUT2D eigenvalue weighted by molar-refractivity contribution is 5.81. The molecule has 1 aromatic carbocycles. The van der Waals surface area contributed by atoms with Crippen LogP contribution in [0.25, 0.3) is 10.9 Å². The second kappa shape index (κ2) is 8.63. The van der Waals surface area contributed by atoms with Gasteiger partial charge in [0.05, 0.1) is 24.8 Å². The molecular formula is C23H27N5O2. The molecule has 0 radical (unpaired) electrons. The Bertz CT molecular complexity index is 985. The molecule has 7 nitrogen and oxygen atoms in total. The third-order valence-electron chi connectivity index (χ3n) is 6.10. The molecule has 4 heterocycles. The highest BCUT2D eigenvalue weighted by Gasteiger charge is 2.31. The number of likely N-dealkylation sites (tertiary alicyclic amines) is 1. The van der Waals surface area contributed by atoms with E-state index in [0.29, 0.717) is 6.54 Å². The second-order valence-corrected chi connectivity index (χ2v) is 8.20. The molecule has 1 N–H and O–H groups in total. The summed E-state index contributed by atoms with van der Waals surface area (Å²) in [7, 11) is 0. The van der Waals surface area contributed by atoms with Gasteiger partial charge in [-0.15, -0.1) is 0 Å². The molecule has 2 atom stereocenters. The first kappa shape index (κ1) is 19.4. The van der Waals surface area contributed by atoms with Crippen LogP contribution in [-0.4, -0.2) is 70.5 Å². The number of hydrogen-bond acceptors (Lipinski definition) is 7. The highest BCUT2D eigenvalue weighted by Crippen LogP contribution is 2.26. The first-order valence-corrected chi connectivity index (χ1v) is 10.6. The van der Waals surface area contributed by atoms with Gasteiger partial charge < -0.3 is 14.7 Å². The number of aliphatic hydroxyl groups excluding tert-OH is 1. The zero-order chi connectivity index (χ0) is 20.3. The third kappa shape index (κ3) is 4.14. The van der Waals surface area contributed by atoms with E-state index in [1.54, 1.807) is 0 Å². The third-order valence-corrected chi connectivity index (χ3v) is 6.10. The van der Waals surface area contributed by atoms with E-state index in [2.05, 4.69) is 36.9 Å². The molecule has 2 fully saturated rings. The van der Waals surface area contributed by atoms with Crippen molar-refractivity contribution in [3.8, 4) is 0 Å². The number of aliphatic hydroxyl groups is 1. The lowest BCUT2D eigenvalue weighted by Crippen LogP contribution is -2.37. The molecule has 0 aliphatic carbocycles. The Morgan fingerprint density at radius 1 is 1.00 bits per heavy atom. The molecule has 2 aromatic heterocycles. The van der Waals surface area contributed by atoms with Crippen molar-refractivity contribution in [2.75, 3.05) is 44.3 Å². The summed E-state index contributed by atoms with van der Waals surface area (Å²) in [5.74, 6) is 0.982. The normalized spacial score (nSPS) is 22.6. The van der Waals surface area contributed by atoms with Crippen molar-refractivity contribution in [1.29, 1.82) is 0 Å². The van der Waals surface area contributed by atoms with Crippen LogP contribution in [0.1, 0.15) is 11.1 Å². The highest BCUT2D eigenvalue weighted by atomic mass is 16.5. The number of nitrogens with zero attached hydrogens (tertiary/aromatic N) is 5. The van der Waals surface area contributed by atoms with E-state index in [-0.39, 0.29) is 12.0 Å². The standard InChI is InChI=1S/C23H27N5O2/c29-22-16-27(14-17-12-25-23(26-13-17)28-7-9-30-10-8-28)15-19(22)11-18-5-6-24-21-4-2-1-3-20(18)21/h1-6,12-13,19,22,29H,7-11,14-16H2/t19-,22-/m1/s1. The molecule has 2 saturated heterocycles. The number of β-amino-alcohol motifs (C(OH)–C–C–N with tert-alkyl or cyclic N) is 1. The summed E-state index contributed by atoms with van der Waals surface area (Å²) in [4.78, 5) is 18.0. The van der Waals surface area contributed by atoms with E-state index in [4.69, 9.17) is 4.74 Å². The quantitative estimate of drug-likeness (QED) is 0.695. The topological polar surface area (TPSA) is 74.6 Å². The number of benzene rings is 1. The second-order valence-electron chi connectivity index (χ2n) is 8.20. The average molecular weight is 406 g/mol. The number of rotatable bonds is 5. The van der Waals surface area contributed by atoms with Crippen molar-refractivity contribution < 1.29 is 9.84 Å². The first-order chi connectivity index (χ1) is 14.8. The minimum Gasteiger partial charge on any atom is -0.391 e. The zero-order valence-corrected chi connectivity index (χ0v) is 17.0. The van der Waals surface area contributed by atoms with Gasteiger partial charge in [-0.3, -0.25) is 9.88 Å². The molecule has 0 saturated carbocycles. The maximum atomic E-state index is 10.7. The summed E-state index contributed by atoms with van der Waals surface area (Å²) >= 11 is 0. The predicted molar refractivity (Wildman–Crippen MR) is 115 cm³/mol. The van der Waals surface area contributed by atoms with Crippen LogP contribution in [0.3, 0.4) is 0 Å². The molecule has 2 aliphatic rings. The molecule has 0 amide bonds. The van der Waals surface area contributed by atoms with Gasteiger partial charge in [0.1, 0.15) is 0 Å². The minimum atomic E-state index is -0.328. The predicted octanol–water partition coefficient (Wildman–Crippen LogP) is 1.90.